The molecule has 0 spiro atoms. The lowest BCUT2D eigenvalue weighted by Crippen LogP contribution is -2.10. The maximum atomic E-state index is 11.5. The summed E-state index contributed by atoms with van der Waals surface area (Å²) in [5.74, 6) is -1.23. The number of hydrogen-bond donors (Lipinski definition) is 0. The minimum absolute atomic E-state index is 0.0265. The molecule has 0 saturated carbocycles. The second-order valence-corrected chi connectivity index (χ2v) is 4.59. The molecular weight excluding hydrogens is 304 g/mol. The largest absolute Gasteiger partial charge is 0.302 e. The summed E-state index contributed by atoms with van der Waals surface area (Å²) in [5, 5.41) is 22.4. The summed E-state index contributed by atoms with van der Waals surface area (Å²) in [6.07, 6.45) is 0.697. The van der Waals surface area contributed by atoms with Crippen LogP contribution in [0.3, 0.4) is 0 Å². The highest BCUT2D eigenvalue weighted by Gasteiger charge is 2.30. The van der Waals surface area contributed by atoms with Gasteiger partial charge in [0.05, 0.1) is 21.3 Å². The molecule has 0 aliphatic rings. The molecular formula is C15H10N2O6. The maximum absolute atomic E-state index is 11.5. The number of rotatable bonds is 6. The molecule has 0 saturated heterocycles. The molecule has 0 N–H and O–H groups in total. The van der Waals surface area contributed by atoms with Crippen LogP contribution >= 0.6 is 0 Å². The first-order chi connectivity index (χ1) is 11.0. The Morgan fingerprint density at radius 2 is 1.52 bits per heavy atom. The highest BCUT2D eigenvalue weighted by Crippen LogP contribution is 2.36. The first-order valence-corrected chi connectivity index (χ1v) is 6.42. The van der Waals surface area contributed by atoms with E-state index in [0.29, 0.717) is 12.6 Å². The Hall–Kier alpha value is -3.42. The summed E-state index contributed by atoms with van der Waals surface area (Å²) in [7, 11) is 0. The lowest BCUT2D eigenvalue weighted by molar-refractivity contribution is -0.386. The van der Waals surface area contributed by atoms with Gasteiger partial charge in [0.1, 0.15) is 6.29 Å². The summed E-state index contributed by atoms with van der Waals surface area (Å²) >= 11 is 0. The van der Waals surface area contributed by atoms with Crippen LogP contribution in [0.25, 0.3) is 0 Å². The Morgan fingerprint density at radius 3 is 2.09 bits per heavy atom. The van der Waals surface area contributed by atoms with Gasteiger partial charge in [0.25, 0.3) is 11.4 Å². The van der Waals surface area contributed by atoms with Crippen molar-refractivity contribution in [3.05, 3.63) is 79.4 Å². The fraction of sp³-hybridized carbons (Fsp3) is 0.0667. The summed E-state index contributed by atoms with van der Waals surface area (Å²) in [5.41, 5.74) is -1.09. The topological polar surface area (TPSA) is 120 Å². The van der Waals surface area contributed by atoms with Crippen molar-refractivity contribution in [2.24, 2.45) is 0 Å². The van der Waals surface area contributed by atoms with E-state index in [1.54, 1.807) is 0 Å². The third-order valence-electron chi connectivity index (χ3n) is 3.35. The van der Waals surface area contributed by atoms with Crippen molar-refractivity contribution in [3.8, 4) is 0 Å². The number of carbonyl (C=O) groups is 2. The quantitative estimate of drug-likeness (QED) is 0.459. The number of nitro groups is 2. The zero-order valence-corrected chi connectivity index (χ0v) is 11.6. The molecule has 8 nitrogen and oxygen atoms in total. The molecule has 2 aromatic rings. The highest BCUT2D eigenvalue weighted by atomic mass is 16.6. The molecule has 1 unspecified atom stereocenters. The van der Waals surface area contributed by atoms with Crippen molar-refractivity contribution in [2.45, 2.75) is 5.92 Å². The standard InChI is InChI=1S/C15H10N2O6/c18-8-10-4-3-6-12(15(10)17(22)23)13(9-19)11-5-1-2-7-14(11)16(20)21/h1-9,13H. The summed E-state index contributed by atoms with van der Waals surface area (Å²) in [6, 6.07) is 9.43. The SMILES string of the molecule is O=Cc1cccc(C(C=O)c2ccccc2[N+](=O)[O-])c1[N+](=O)[O-]. The van der Waals surface area contributed by atoms with Crippen LogP contribution in [0.5, 0.6) is 0 Å². The number of carbonyl (C=O) groups excluding carboxylic acids is 2. The molecule has 2 rings (SSSR count). The van der Waals surface area contributed by atoms with E-state index < -0.39 is 21.5 Å². The maximum Gasteiger partial charge on any atom is 0.284 e. The van der Waals surface area contributed by atoms with Gasteiger partial charge in [-0.3, -0.25) is 25.0 Å². The van der Waals surface area contributed by atoms with E-state index in [4.69, 9.17) is 0 Å². The number of benzene rings is 2. The summed E-state index contributed by atoms with van der Waals surface area (Å²) < 4.78 is 0. The Morgan fingerprint density at radius 1 is 0.870 bits per heavy atom. The highest BCUT2D eigenvalue weighted by molar-refractivity contribution is 5.85. The van der Waals surface area contributed by atoms with E-state index in [0.717, 1.165) is 0 Å². The Balaban J connectivity index is 2.74. The van der Waals surface area contributed by atoms with Gasteiger partial charge in [0.15, 0.2) is 6.29 Å². The van der Waals surface area contributed by atoms with Crippen molar-refractivity contribution in [1.82, 2.24) is 0 Å². The van der Waals surface area contributed by atoms with Gasteiger partial charge in [0, 0.05) is 17.2 Å². The third kappa shape index (κ3) is 2.95. The minimum atomic E-state index is -1.23. The van der Waals surface area contributed by atoms with E-state index in [1.165, 1.54) is 42.5 Å². The first-order valence-electron chi connectivity index (χ1n) is 6.42. The van der Waals surface area contributed by atoms with Crippen molar-refractivity contribution < 1.29 is 19.4 Å². The zero-order valence-electron chi connectivity index (χ0n) is 11.6. The molecule has 0 fully saturated rings. The van der Waals surface area contributed by atoms with E-state index >= 15 is 0 Å². The molecule has 0 radical (unpaired) electrons. The molecule has 0 aliphatic carbocycles. The van der Waals surface area contributed by atoms with Gasteiger partial charge in [-0.1, -0.05) is 30.3 Å². The molecule has 0 heterocycles. The summed E-state index contributed by atoms with van der Waals surface area (Å²) in [6.45, 7) is 0. The number of nitro benzene ring substituents is 2. The van der Waals surface area contributed by atoms with E-state index in [-0.39, 0.29) is 22.4 Å². The smallest absolute Gasteiger partial charge is 0.284 e. The van der Waals surface area contributed by atoms with Gasteiger partial charge >= 0.3 is 0 Å². The predicted octanol–water partition coefficient (Wildman–Crippen LogP) is 2.65. The molecule has 23 heavy (non-hydrogen) atoms. The third-order valence-corrected chi connectivity index (χ3v) is 3.35. The van der Waals surface area contributed by atoms with Crippen LogP contribution < -0.4 is 0 Å². The Kier molecular flexibility index (Phi) is 4.55. The number of nitrogens with zero attached hydrogens (tertiary/aromatic N) is 2. The number of hydrogen-bond acceptors (Lipinski definition) is 6. The first kappa shape index (κ1) is 16.0. The monoisotopic (exact) mass is 314 g/mol. The van der Waals surface area contributed by atoms with Crippen LogP contribution in [0.1, 0.15) is 27.4 Å². The average molecular weight is 314 g/mol. The molecule has 0 amide bonds. The van der Waals surface area contributed by atoms with Crippen molar-refractivity contribution in [3.63, 3.8) is 0 Å². The fourth-order valence-electron chi connectivity index (χ4n) is 2.37. The van der Waals surface area contributed by atoms with E-state index in [1.807, 2.05) is 0 Å². The van der Waals surface area contributed by atoms with Crippen LogP contribution in [0.15, 0.2) is 42.5 Å². The van der Waals surface area contributed by atoms with Crippen molar-refractivity contribution in [1.29, 1.82) is 0 Å². The van der Waals surface area contributed by atoms with Crippen LogP contribution in [-0.4, -0.2) is 22.4 Å². The minimum Gasteiger partial charge on any atom is -0.302 e. The van der Waals surface area contributed by atoms with Crippen LogP contribution in [0, 0.1) is 20.2 Å². The predicted molar refractivity (Wildman–Crippen MR) is 79.5 cm³/mol. The van der Waals surface area contributed by atoms with Gasteiger partial charge in [-0.25, -0.2) is 0 Å². The normalized spacial score (nSPS) is 11.5. The zero-order chi connectivity index (χ0) is 17.0. The van der Waals surface area contributed by atoms with Gasteiger partial charge < -0.3 is 4.79 Å². The van der Waals surface area contributed by atoms with Crippen molar-refractivity contribution >= 4 is 23.9 Å². The number of aldehydes is 2. The molecule has 1 atom stereocenters. The fourth-order valence-corrected chi connectivity index (χ4v) is 2.37. The van der Waals surface area contributed by atoms with Crippen LogP contribution in [-0.2, 0) is 4.79 Å². The average Bonchev–Trinajstić information content (AvgIpc) is 2.55. The molecule has 116 valence electrons. The van der Waals surface area contributed by atoms with E-state index in [9.17, 15) is 29.8 Å². The molecule has 8 heteroatoms. The number of para-hydroxylation sites is 2. The second kappa shape index (κ2) is 6.56. The molecule has 0 aliphatic heterocycles. The van der Waals surface area contributed by atoms with Gasteiger partial charge in [0.2, 0.25) is 0 Å². The Labute approximate surface area is 129 Å². The van der Waals surface area contributed by atoms with Gasteiger partial charge in [-0.05, 0) is 6.07 Å². The second-order valence-electron chi connectivity index (χ2n) is 4.59. The molecule has 2 aromatic carbocycles. The van der Waals surface area contributed by atoms with Gasteiger partial charge in [-0.2, -0.15) is 0 Å². The lowest BCUT2D eigenvalue weighted by Gasteiger charge is -2.12. The summed E-state index contributed by atoms with van der Waals surface area (Å²) in [4.78, 5) is 43.5. The van der Waals surface area contributed by atoms with E-state index in [2.05, 4.69) is 0 Å². The Bertz CT molecular complexity index is 802. The molecule has 0 aromatic heterocycles. The van der Waals surface area contributed by atoms with Crippen molar-refractivity contribution in [2.75, 3.05) is 0 Å². The van der Waals surface area contributed by atoms with Crippen LogP contribution in [0.2, 0.25) is 0 Å². The van der Waals surface area contributed by atoms with Gasteiger partial charge in [-0.15, -0.1) is 0 Å². The lowest BCUT2D eigenvalue weighted by atomic mass is 9.89. The van der Waals surface area contributed by atoms with Crippen LogP contribution in [0.4, 0.5) is 11.4 Å². The molecule has 0 bridgehead atoms.